The first-order valence-electron chi connectivity index (χ1n) is 10.4. The van der Waals surface area contributed by atoms with Gasteiger partial charge in [-0.2, -0.15) is 0 Å². The highest BCUT2D eigenvalue weighted by molar-refractivity contribution is 7.14. The van der Waals surface area contributed by atoms with Gasteiger partial charge in [0.25, 0.3) is 5.56 Å². The van der Waals surface area contributed by atoms with Gasteiger partial charge in [-0.3, -0.25) is 14.2 Å². The molecule has 0 aliphatic rings. The van der Waals surface area contributed by atoms with Crippen LogP contribution in [0, 0.1) is 13.8 Å². The third-order valence-electron chi connectivity index (χ3n) is 5.54. The van der Waals surface area contributed by atoms with Gasteiger partial charge in [-0.25, -0.2) is 4.98 Å². The predicted molar refractivity (Wildman–Crippen MR) is 130 cm³/mol. The molecule has 32 heavy (non-hydrogen) atoms. The number of para-hydroxylation sites is 1. The van der Waals surface area contributed by atoms with E-state index >= 15 is 0 Å². The number of aromatic nitrogens is 2. The molecule has 6 nitrogen and oxygen atoms in total. The number of amides is 1. The summed E-state index contributed by atoms with van der Waals surface area (Å²) in [4.78, 5) is 30.8. The quantitative estimate of drug-likeness (QED) is 0.433. The van der Waals surface area contributed by atoms with Crippen LogP contribution in [0.15, 0.2) is 58.7 Å². The lowest BCUT2D eigenvalue weighted by atomic mass is 10.1. The van der Waals surface area contributed by atoms with Gasteiger partial charge in [0.15, 0.2) is 5.13 Å². The number of nitrogens with zero attached hydrogens (tertiary/aromatic N) is 2. The smallest absolute Gasteiger partial charge is 0.252 e. The first-order valence-corrected chi connectivity index (χ1v) is 11.3. The lowest BCUT2D eigenvalue weighted by molar-refractivity contribution is -0.119. The fourth-order valence-electron chi connectivity index (χ4n) is 3.87. The van der Waals surface area contributed by atoms with Crippen LogP contribution in [0.5, 0.6) is 5.75 Å². The molecule has 1 N–H and O–H groups in total. The summed E-state index contributed by atoms with van der Waals surface area (Å²) in [5, 5.41) is 6.20. The Kier molecular flexibility index (Phi) is 6.10. The molecule has 1 amide bonds. The van der Waals surface area contributed by atoms with Crippen molar-refractivity contribution >= 4 is 33.3 Å². The summed E-state index contributed by atoms with van der Waals surface area (Å²) in [6, 6.07) is 14.6. The maximum absolute atomic E-state index is 13.3. The summed E-state index contributed by atoms with van der Waals surface area (Å²) in [6.45, 7) is 5.81. The van der Waals surface area contributed by atoms with Crippen LogP contribution in [0.1, 0.15) is 30.5 Å². The Bertz CT molecular complexity index is 1340. The van der Waals surface area contributed by atoms with Gasteiger partial charge in [-0.1, -0.05) is 48.9 Å². The van der Waals surface area contributed by atoms with Gasteiger partial charge in [0, 0.05) is 22.4 Å². The molecule has 7 heteroatoms. The Morgan fingerprint density at radius 2 is 1.94 bits per heavy atom. The Labute approximate surface area is 190 Å². The molecule has 0 bridgehead atoms. The molecule has 2 aromatic carbocycles. The van der Waals surface area contributed by atoms with Crippen LogP contribution in [0.2, 0.25) is 0 Å². The number of anilines is 1. The average molecular weight is 448 g/mol. The SMILES string of the molecule is CCC(C(=O)Nc1nc(-c2ccc(C)cc2)cs1)n1c(=O)cc(C)c2cccc(OC)c21. The van der Waals surface area contributed by atoms with Gasteiger partial charge in [0.2, 0.25) is 5.91 Å². The molecule has 0 saturated carbocycles. The number of aryl methyl sites for hydroxylation is 2. The number of rotatable bonds is 6. The van der Waals surface area contributed by atoms with E-state index < -0.39 is 6.04 Å². The molecule has 2 heterocycles. The second kappa shape index (κ2) is 8.96. The van der Waals surface area contributed by atoms with Crippen LogP contribution in [-0.4, -0.2) is 22.6 Å². The number of carbonyl (C=O) groups is 1. The predicted octanol–water partition coefficient (Wildman–Crippen LogP) is 5.34. The van der Waals surface area contributed by atoms with E-state index in [1.165, 1.54) is 21.5 Å². The van der Waals surface area contributed by atoms with Gasteiger partial charge < -0.3 is 10.1 Å². The largest absolute Gasteiger partial charge is 0.495 e. The third kappa shape index (κ3) is 4.03. The number of hydrogen-bond donors (Lipinski definition) is 1. The summed E-state index contributed by atoms with van der Waals surface area (Å²) in [5.74, 6) is 0.279. The van der Waals surface area contributed by atoms with Gasteiger partial charge >= 0.3 is 0 Å². The topological polar surface area (TPSA) is 73.2 Å². The lowest BCUT2D eigenvalue weighted by Gasteiger charge is -2.21. The van der Waals surface area contributed by atoms with Gasteiger partial charge in [0.1, 0.15) is 11.8 Å². The van der Waals surface area contributed by atoms with Gasteiger partial charge in [-0.15, -0.1) is 11.3 Å². The standard InChI is InChI=1S/C25H25N3O3S/c1-5-20(28-22(29)13-16(3)18-7-6-8-21(31-4)23(18)28)24(30)27-25-26-19(14-32-25)17-11-9-15(2)10-12-17/h6-14,20H,5H2,1-4H3,(H,26,27,30). The van der Waals surface area contributed by atoms with Crippen LogP contribution < -0.4 is 15.6 Å². The second-order valence-corrected chi connectivity index (χ2v) is 8.57. The zero-order valence-corrected chi connectivity index (χ0v) is 19.3. The Morgan fingerprint density at radius 3 is 2.62 bits per heavy atom. The number of thiazole rings is 1. The van der Waals surface area contributed by atoms with Crippen LogP contribution >= 0.6 is 11.3 Å². The minimum Gasteiger partial charge on any atom is -0.495 e. The molecule has 0 radical (unpaired) electrons. The van der Waals surface area contributed by atoms with E-state index in [1.807, 2.05) is 62.5 Å². The Morgan fingerprint density at radius 1 is 1.19 bits per heavy atom. The number of pyridine rings is 1. The fraction of sp³-hybridized carbons (Fsp3) is 0.240. The van der Waals surface area contributed by atoms with E-state index in [0.29, 0.717) is 22.8 Å². The zero-order chi connectivity index (χ0) is 22.8. The molecule has 0 saturated heterocycles. The first-order chi connectivity index (χ1) is 15.4. The van der Waals surface area contributed by atoms with Crippen molar-refractivity contribution in [3.8, 4) is 17.0 Å². The molecule has 0 fully saturated rings. The molecule has 2 aromatic heterocycles. The number of hydrogen-bond acceptors (Lipinski definition) is 5. The molecular formula is C25H25N3O3S. The van der Waals surface area contributed by atoms with E-state index in [0.717, 1.165) is 22.2 Å². The first kappa shape index (κ1) is 21.8. The number of carbonyl (C=O) groups excluding carboxylic acids is 1. The maximum atomic E-state index is 13.3. The zero-order valence-electron chi connectivity index (χ0n) is 18.5. The maximum Gasteiger partial charge on any atom is 0.252 e. The molecule has 4 rings (SSSR count). The normalized spacial score (nSPS) is 12.0. The molecule has 4 aromatic rings. The minimum absolute atomic E-state index is 0.235. The minimum atomic E-state index is -0.700. The highest BCUT2D eigenvalue weighted by Crippen LogP contribution is 2.30. The summed E-state index contributed by atoms with van der Waals surface area (Å²) >= 11 is 1.36. The number of methoxy groups -OCH3 is 1. The van der Waals surface area contributed by atoms with Crippen molar-refractivity contribution < 1.29 is 9.53 Å². The second-order valence-electron chi connectivity index (χ2n) is 7.71. The summed E-state index contributed by atoms with van der Waals surface area (Å²) in [5.41, 5.74) is 4.21. The van der Waals surface area contributed by atoms with Crippen molar-refractivity contribution in [2.45, 2.75) is 33.2 Å². The van der Waals surface area contributed by atoms with Crippen molar-refractivity contribution in [2.24, 2.45) is 0 Å². The van der Waals surface area contributed by atoms with E-state index in [2.05, 4.69) is 10.3 Å². The summed E-state index contributed by atoms with van der Waals surface area (Å²) in [6.07, 6.45) is 0.443. The van der Waals surface area contributed by atoms with Crippen LogP contribution in [0.4, 0.5) is 5.13 Å². The molecule has 1 atom stereocenters. The van der Waals surface area contributed by atoms with Crippen molar-refractivity contribution in [2.75, 3.05) is 12.4 Å². The Balaban J connectivity index is 1.70. The highest BCUT2D eigenvalue weighted by atomic mass is 32.1. The number of fused-ring (bicyclic) bond motifs is 1. The highest BCUT2D eigenvalue weighted by Gasteiger charge is 2.24. The van der Waals surface area contributed by atoms with Crippen molar-refractivity contribution in [1.82, 2.24) is 9.55 Å². The molecule has 1 unspecified atom stereocenters. The molecule has 0 aliphatic heterocycles. The number of ether oxygens (including phenoxy) is 1. The Hall–Kier alpha value is -3.45. The number of benzene rings is 2. The van der Waals surface area contributed by atoms with Crippen LogP contribution in [0.3, 0.4) is 0 Å². The van der Waals surface area contributed by atoms with Gasteiger partial charge in [0.05, 0.1) is 18.3 Å². The monoisotopic (exact) mass is 447 g/mol. The lowest BCUT2D eigenvalue weighted by Crippen LogP contribution is -2.33. The van der Waals surface area contributed by atoms with E-state index in [4.69, 9.17) is 4.74 Å². The molecular weight excluding hydrogens is 422 g/mol. The number of nitrogens with one attached hydrogen (secondary N) is 1. The van der Waals surface area contributed by atoms with E-state index in [-0.39, 0.29) is 11.5 Å². The average Bonchev–Trinajstić information content (AvgIpc) is 3.24. The third-order valence-corrected chi connectivity index (χ3v) is 6.30. The van der Waals surface area contributed by atoms with Crippen molar-refractivity contribution in [1.29, 1.82) is 0 Å². The van der Waals surface area contributed by atoms with Gasteiger partial charge in [-0.05, 0) is 31.9 Å². The van der Waals surface area contributed by atoms with E-state index in [1.54, 1.807) is 19.2 Å². The van der Waals surface area contributed by atoms with Crippen LogP contribution in [0.25, 0.3) is 22.2 Å². The van der Waals surface area contributed by atoms with Crippen LogP contribution in [-0.2, 0) is 4.79 Å². The molecule has 0 aliphatic carbocycles. The fourth-order valence-corrected chi connectivity index (χ4v) is 4.59. The summed E-state index contributed by atoms with van der Waals surface area (Å²) in [7, 11) is 1.56. The summed E-state index contributed by atoms with van der Waals surface area (Å²) < 4.78 is 7.06. The van der Waals surface area contributed by atoms with E-state index in [9.17, 15) is 9.59 Å². The molecule has 0 spiro atoms. The molecule has 164 valence electrons. The van der Waals surface area contributed by atoms with Crippen molar-refractivity contribution in [3.05, 3.63) is 75.4 Å². The van der Waals surface area contributed by atoms with Crippen molar-refractivity contribution in [3.63, 3.8) is 0 Å².